The van der Waals surface area contributed by atoms with E-state index in [9.17, 15) is 13.6 Å². The van der Waals surface area contributed by atoms with Crippen LogP contribution in [0, 0.1) is 5.92 Å². The molecule has 0 spiro atoms. The number of hydrogen-bond acceptors (Lipinski definition) is 3. The highest BCUT2D eigenvalue weighted by Crippen LogP contribution is 2.28. The van der Waals surface area contributed by atoms with Crippen LogP contribution in [0.3, 0.4) is 0 Å². The van der Waals surface area contributed by atoms with Gasteiger partial charge >= 0.3 is 12.6 Å². The van der Waals surface area contributed by atoms with E-state index in [-0.39, 0.29) is 11.7 Å². The third-order valence-electron chi connectivity index (χ3n) is 3.28. The van der Waals surface area contributed by atoms with Crippen LogP contribution in [-0.4, -0.2) is 30.8 Å². The van der Waals surface area contributed by atoms with Gasteiger partial charge in [-0.1, -0.05) is 12.1 Å². The zero-order valence-electron chi connectivity index (χ0n) is 10.2. The van der Waals surface area contributed by atoms with Crippen LogP contribution < -0.4 is 10.1 Å². The number of aliphatic carboxylic acids is 1. The number of carboxylic acid groups (broad SMARTS) is 1. The third-order valence-corrected chi connectivity index (χ3v) is 3.28. The van der Waals surface area contributed by atoms with E-state index >= 15 is 0 Å². The second-order valence-corrected chi connectivity index (χ2v) is 4.57. The number of halogens is 2. The Hall–Kier alpha value is -1.69. The highest BCUT2D eigenvalue weighted by molar-refractivity contribution is 5.70. The van der Waals surface area contributed by atoms with Crippen molar-refractivity contribution in [3.63, 3.8) is 0 Å². The van der Waals surface area contributed by atoms with E-state index in [4.69, 9.17) is 5.11 Å². The number of benzene rings is 1. The van der Waals surface area contributed by atoms with Crippen LogP contribution >= 0.6 is 0 Å². The summed E-state index contributed by atoms with van der Waals surface area (Å²) >= 11 is 0. The quantitative estimate of drug-likeness (QED) is 0.880. The standard InChI is InChI=1S/C13H15F2NO3/c14-13(15)19-11-3-1-8(2-4-11)9-5-10(12(17)18)7-16-6-9/h1-4,9-10,13,16H,5-7H2,(H,17,18). The topological polar surface area (TPSA) is 58.6 Å². The maximum atomic E-state index is 12.0. The molecule has 104 valence electrons. The van der Waals surface area contributed by atoms with Crippen LogP contribution in [0.1, 0.15) is 17.9 Å². The van der Waals surface area contributed by atoms with E-state index in [0.29, 0.717) is 19.5 Å². The van der Waals surface area contributed by atoms with Gasteiger partial charge in [-0.2, -0.15) is 8.78 Å². The van der Waals surface area contributed by atoms with Gasteiger partial charge in [-0.3, -0.25) is 4.79 Å². The lowest BCUT2D eigenvalue weighted by atomic mass is 9.85. The summed E-state index contributed by atoms with van der Waals surface area (Å²) in [7, 11) is 0. The molecule has 6 heteroatoms. The van der Waals surface area contributed by atoms with Crippen molar-refractivity contribution in [3.8, 4) is 5.75 Å². The van der Waals surface area contributed by atoms with Gasteiger partial charge in [0.2, 0.25) is 0 Å². The van der Waals surface area contributed by atoms with Gasteiger partial charge in [0.15, 0.2) is 0 Å². The molecule has 1 saturated heterocycles. The monoisotopic (exact) mass is 271 g/mol. The van der Waals surface area contributed by atoms with Gasteiger partial charge in [-0.25, -0.2) is 0 Å². The number of carboxylic acids is 1. The molecule has 1 fully saturated rings. The second-order valence-electron chi connectivity index (χ2n) is 4.57. The smallest absolute Gasteiger partial charge is 0.387 e. The SMILES string of the molecule is O=C(O)C1CNCC(c2ccc(OC(F)F)cc2)C1. The zero-order valence-corrected chi connectivity index (χ0v) is 10.2. The molecule has 4 nitrogen and oxygen atoms in total. The van der Waals surface area contributed by atoms with Gasteiger partial charge in [0.1, 0.15) is 5.75 Å². The summed E-state index contributed by atoms with van der Waals surface area (Å²) in [4.78, 5) is 11.0. The molecule has 2 atom stereocenters. The Kier molecular flexibility index (Phi) is 4.31. The second kappa shape index (κ2) is 5.97. The average Bonchev–Trinajstić information content (AvgIpc) is 2.39. The molecule has 0 bridgehead atoms. The van der Waals surface area contributed by atoms with Crippen LogP contribution in [0.2, 0.25) is 0 Å². The Morgan fingerprint density at radius 2 is 2.00 bits per heavy atom. The first-order valence-corrected chi connectivity index (χ1v) is 6.04. The summed E-state index contributed by atoms with van der Waals surface area (Å²) in [5.41, 5.74) is 0.931. The fourth-order valence-corrected chi connectivity index (χ4v) is 2.31. The van der Waals surface area contributed by atoms with Gasteiger partial charge < -0.3 is 15.2 Å². The van der Waals surface area contributed by atoms with Crippen molar-refractivity contribution in [1.82, 2.24) is 5.32 Å². The molecule has 1 heterocycles. The number of nitrogens with one attached hydrogen (secondary N) is 1. The van der Waals surface area contributed by atoms with E-state index in [2.05, 4.69) is 10.1 Å². The minimum atomic E-state index is -2.83. The first-order chi connectivity index (χ1) is 9.06. The van der Waals surface area contributed by atoms with Gasteiger partial charge in [-0.15, -0.1) is 0 Å². The molecule has 0 amide bonds. The molecular weight excluding hydrogens is 256 g/mol. The minimum absolute atomic E-state index is 0.0791. The molecule has 0 radical (unpaired) electrons. The van der Waals surface area contributed by atoms with Crippen molar-refractivity contribution in [3.05, 3.63) is 29.8 Å². The summed E-state index contributed by atoms with van der Waals surface area (Å²) < 4.78 is 28.3. The predicted molar refractivity (Wildman–Crippen MR) is 64.4 cm³/mol. The molecule has 1 aliphatic heterocycles. The lowest BCUT2D eigenvalue weighted by molar-refractivity contribution is -0.142. The Labute approximate surface area is 109 Å². The van der Waals surface area contributed by atoms with Crippen LogP contribution in [-0.2, 0) is 4.79 Å². The number of rotatable bonds is 4. The maximum Gasteiger partial charge on any atom is 0.387 e. The van der Waals surface area contributed by atoms with Crippen molar-refractivity contribution in [1.29, 1.82) is 0 Å². The summed E-state index contributed by atoms with van der Waals surface area (Å²) in [6, 6.07) is 6.36. The molecule has 19 heavy (non-hydrogen) atoms. The summed E-state index contributed by atoms with van der Waals surface area (Å²) in [5, 5.41) is 12.1. The Balaban J connectivity index is 2.03. The van der Waals surface area contributed by atoms with Crippen molar-refractivity contribution in [2.75, 3.05) is 13.1 Å². The van der Waals surface area contributed by atoms with Gasteiger partial charge in [0.05, 0.1) is 5.92 Å². The summed E-state index contributed by atoms with van der Waals surface area (Å²) in [6.07, 6.45) is 0.553. The van der Waals surface area contributed by atoms with Gasteiger partial charge in [0.25, 0.3) is 0 Å². The van der Waals surface area contributed by atoms with Crippen LogP contribution in [0.15, 0.2) is 24.3 Å². The average molecular weight is 271 g/mol. The molecular formula is C13H15F2NO3. The van der Waals surface area contributed by atoms with Crippen LogP contribution in [0.4, 0.5) is 8.78 Å². The van der Waals surface area contributed by atoms with E-state index < -0.39 is 18.5 Å². The third kappa shape index (κ3) is 3.64. The van der Waals surface area contributed by atoms with E-state index in [1.165, 1.54) is 12.1 Å². The Morgan fingerprint density at radius 1 is 1.32 bits per heavy atom. The minimum Gasteiger partial charge on any atom is -0.481 e. The van der Waals surface area contributed by atoms with Crippen molar-refractivity contribution in [2.24, 2.45) is 5.92 Å². The number of hydrogen-bond donors (Lipinski definition) is 2. The van der Waals surface area contributed by atoms with E-state index in [0.717, 1.165) is 5.56 Å². The molecule has 0 aromatic heterocycles. The van der Waals surface area contributed by atoms with Crippen LogP contribution in [0.5, 0.6) is 5.75 Å². The molecule has 1 aromatic rings. The Bertz CT molecular complexity index is 436. The molecule has 2 unspecified atom stereocenters. The molecule has 2 N–H and O–H groups in total. The highest BCUT2D eigenvalue weighted by atomic mass is 19.3. The van der Waals surface area contributed by atoms with Gasteiger partial charge in [-0.05, 0) is 30.0 Å². The van der Waals surface area contributed by atoms with Crippen molar-refractivity contribution >= 4 is 5.97 Å². The molecule has 2 rings (SSSR count). The highest BCUT2D eigenvalue weighted by Gasteiger charge is 2.27. The zero-order chi connectivity index (χ0) is 13.8. The first kappa shape index (κ1) is 13.7. The fraction of sp³-hybridized carbons (Fsp3) is 0.462. The largest absolute Gasteiger partial charge is 0.481 e. The van der Waals surface area contributed by atoms with Crippen molar-refractivity contribution < 1.29 is 23.4 Å². The van der Waals surface area contributed by atoms with Gasteiger partial charge in [0, 0.05) is 13.1 Å². The lowest BCUT2D eigenvalue weighted by Crippen LogP contribution is -2.38. The molecule has 0 saturated carbocycles. The predicted octanol–water partition coefficient (Wildman–Crippen LogP) is 2.07. The molecule has 1 aliphatic rings. The normalized spacial score (nSPS) is 23.3. The number of piperidine rings is 1. The lowest BCUT2D eigenvalue weighted by Gasteiger charge is -2.28. The summed E-state index contributed by atoms with van der Waals surface area (Å²) in [5.74, 6) is -1.03. The maximum absolute atomic E-state index is 12.0. The fourth-order valence-electron chi connectivity index (χ4n) is 2.31. The van der Waals surface area contributed by atoms with E-state index in [1.807, 2.05) is 0 Å². The van der Waals surface area contributed by atoms with E-state index in [1.54, 1.807) is 12.1 Å². The summed E-state index contributed by atoms with van der Waals surface area (Å²) in [6.45, 7) is -1.67. The van der Waals surface area contributed by atoms with Crippen LogP contribution in [0.25, 0.3) is 0 Å². The van der Waals surface area contributed by atoms with Crippen molar-refractivity contribution in [2.45, 2.75) is 19.0 Å². The number of ether oxygens (including phenoxy) is 1. The number of alkyl halides is 2. The Morgan fingerprint density at radius 3 is 2.58 bits per heavy atom. The first-order valence-electron chi connectivity index (χ1n) is 6.04. The molecule has 1 aromatic carbocycles. The molecule has 0 aliphatic carbocycles. The number of carbonyl (C=O) groups is 1.